The number of aliphatic hydroxyl groups is 1. The Morgan fingerprint density at radius 2 is 1.59 bits per heavy atom. The van der Waals surface area contributed by atoms with Crippen LogP contribution in [0.1, 0.15) is 53.2 Å². The van der Waals surface area contributed by atoms with E-state index in [0.29, 0.717) is 48.9 Å². The van der Waals surface area contributed by atoms with Gasteiger partial charge in [0.05, 0.1) is 19.7 Å². The average molecular weight is 595 g/mol. The minimum Gasteiger partial charge on any atom is -0.494 e. The highest BCUT2D eigenvalue weighted by Crippen LogP contribution is 2.45. The summed E-state index contributed by atoms with van der Waals surface area (Å²) in [6, 6.07) is 22.3. The van der Waals surface area contributed by atoms with E-state index >= 15 is 0 Å². The highest BCUT2D eigenvalue weighted by Gasteiger charge is 2.55. The van der Waals surface area contributed by atoms with Crippen molar-refractivity contribution in [3.8, 4) is 5.75 Å². The third-order valence-corrected chi connectivity index (χ3v) is 7.92. The lowest BCUT2D eigenvalue weighted by Crippen LogP contribution is -2.51. The van der Waals surface area contributed by atoms with E-state index in [1.165, 1.54) is 0 Å². The van der Waals surface area contributed by atoms with Crippen LogP contribution in [0.4, 0.5) is 0 Å². The van der Waals surface area contributed by atoms with Gasteiger partial charge in [0.1, 0.15) is 5.75 Å². The fraction of sp³-hybridized carbons (Fsp3) is 0.375. The van der Waals surface area contributed by atoms with Crippen LogP contribution in [0.25, 0.3) is 20.9 Å². The quantitative estimate of drug-likeness (QED) is 0.108. The van der Waals surface area contributed by atoms with E-state index in [4.69, 9.17) is 30.6 Å². The maximum atomic E-state index is 14.7. The Bertz CT molecular complexity index is 1590. The van der Waals surface area contributed by atoms with Crippen LogP contribution in [-0.4, -0.2) is 53.7 Å². The Balaban J connectivity index is 1.65. The molecule has 5 rings (SSSR count). The minimum atomic E-state index is -1.39. The molecule has 1 saturated heterocycles. The molecular formula is C32H34N8O4. The molecule has 12 heteroatoms. The summed E-state index contributed by atoms with van der Waals surface area (Å²) in [7, 11) is 0. The fourth-order valence-electron chi connectivity index (χ4n) is 5.76. The molecule has 0 spiro atoms. The number of rotatable bonds is 13. The Kier molecular flexibility index (Phi) is 9.99. The second-order valence-corrected chi connectivity index (χ2v) is 10.7. The molecule has 2 heterocycles. The molecule has 0 saturated carbocycles. The van der Waals surface area contributed by atoms with Gasteiger partial charge in [-0.1, -0.05) is 58.8 Å². The standard InChI is InChI=1S/C32H34N8O4/c33-38-35-21-25-9-2-1-8-24(25)20-32(31(42)40-16-5-6-17-40)29(28-11-4-3-10-26(28)22-36-39-34)44-30(37-32)23-12-14-27(15-13-23)43-19-7-18-41/h1-4,8-15,29,41H,5-7,16-22H2/t29-,32-/m1/s1. The van der Waals surface area contributed by atoms with Crippen LogP contribution in [0.15, 0.2) is 88.0 Å². The number of nitrogens with zero attached hydrogens (tertiary/aromatic N) is 8. The molecule has 0 bridgehead atoms. The molecule has 3 aromatic rings. The number of hydrogen-bond acceptors (Lipinski definition) is 7. The van der Waals surface area contributed by atoms with Gasteiger partial charge in [-0.25, -0.2) is 4.99 Å². The summed E-state index contributed by atoms with van der Waals surface area (Å²) in [5, 5.41) is 16.7. The Hall–Kier alpha value is -5.02. The zero-order valence-corrected chi connectivity index (χ0v) is 24.3. The summed E-state index contributed by atoms with van der Waals surface area (Å²) in [6.45, 7) is 1.90. The summed E-state index contributed by atoms with van der Waals surface area (Å²) in [5.41, 5.74) is 20.5. The van der Waals surface area contributed by atoms with Gasteiger partial charge < -0.3 is 19.5 Å². The van der Waals surface area contributed by atoms with Crippen LogP contribution < -0.4 is 4.74 Å². The van der Waals surface area contributed by atoms with Gasteiger partial charge in [0, 0.05) is 47.9 Å². The summed E-state index contributed by atoms with van der Waals surface area (Å²) >= 11 is 0. The van der Waals surface area contributed by atoms with Gasteiger partial charge in [0.15, 0.2) is 11.6 Å². The van der Waals surface area contributed by atoms with Crippen molar-refractivity contribution in [1.29, 1.82) is 0 Å². The van der Waals surface area contributed by atoms with E-state index in [9.17, 15) is 4.79 Å². The number of ether oxygens (including phenoxy) is 2. The molecule has 1 amide bonds. The predicted octanol–water partition coefficient (Wildman–Crippen LogP) is 6.19. The fourth-order valence-corrected chi connectivity index (χ4v) is 5.76. The molecule has 226 valence electrons. The number of likely N-dealkylation sites (tertiary alicyclic amines) is 1. The number of carbonyl (C=O) groups is 1. The van der Waals surface area contributed by atoms with Crippen LogP contribution in [0.2, 0.25) is 0 Å². The number of benzene rings is 3. The van der Waals surface area contributed by atoms with Crippen LogP contribution in [0.5, 0.6) is 5.75 Å². The lowest BCUT2D eigenvalue weighted by Gasteiger charge is -2.35. The van der Waals surface area contributed by atoms with Gasteiger partial charge in [-0.15, -0.1) is 0 Å². The normalized spacial score (nSPS) is 19.0. The third kappa shape index (κ3) is 6.63. The number of azide groups is 2. The first-order valence-electron chi connectivity index (χ1n) is 14.7. The number of aliphatic imine (C=N–C) groups is 1. The topological polar surface area (TPSA) is 169 Å². The Morgan fingerprint density at radius 3 is 2.27 bits per heavy atom. The predicted molar refractivity (Wildman–Crippen MR) is 165 cm³/mol. The van der Waals surface area contributed by atoms with Crippen LogP contribution in [0.3, 0.4) is 0 Å². The molecule has 0 aromatic heterocycles. The highest BCUT2D eigenvalue weighted by molar-refractivity contribution is 6.01. The second kappa shape index (κ2) is 14.4. The van der Waals surface area contributed by atoms with E-state index in [0.717, 1.165) is 29.5 Å². The summed E-state index contributed by atoms with van der Waals surface area (Å²) in [4.78, 5) is 27.6. The van der Waals surface area contributed by atoms with Gasteiger partial charge in [-0.3, -0.25) is 4.79 Å². The molecule has 2 aliphatic heterocycles. The van der Waals surface area contributed by atoms with Crippen molar-refractivity contribution >= 4 is 11.8 Å². The molecule has 0 unspecified atom stereocenters. The van der Waals surface area contributed by atoms with E-state index in [1.54, 1.807) is 12.1 Å². The molecule has 1 fully saturated rings. The van der Waals surface area contributed by atoms with Crippen molar-refractivity contribution in [2.75, 3.05) is 26.3 Å². The van der Waals surface area contributed by atoms with E-state index in [1.807, 2.05) is 65.6 Å². The van der Waals surface area contributed by atoms with Crippen LogP contribution >= 0.6 is 0 Å². The van der Waals surface area contributed by atoms with Gasteiger partial charge in [-0.2, -0.15) is 0 Å². The highest BCUT2D eigenvalue weighted by atomic mass is 16.5. The zero-order valence-electron chi connectivity index (χ0n) is 24.3. The minimum absolute atomic E-state index is 0.0460. The third-order valence-electron chi connectivity index (χ3n) is 7.92. The van der Waals surface area contributed by atoms with Gasteiger partial charge in [-0.05, 0) is 70.4 Å². The maximum absolute atomic E-state index is 14.7. The molecule has 0 radical (unpaired) electrons. The molecule has 2 atom stereocenters. The number of carbonyl (C=O) groups excluding carboxylic acids is 1. The lowest BCUT2D eigenvalue weighted by atomic mass is 9.79. The number of aliphatic hydroxyl groups excluding tert-OH is 1. The van der Waals surface area contributed by atoms with Crippen molar-refractivity contribution in [3.05, 3.63) is 121 Å². The molecule has 0 aliphatic carbocycles. The van der Waals surface area contributed by atoms with Gasteiger partial charge in [0.25, 0.3) is 5.91 Å². The molecule has 2 aliphatic rings. The number of hydrogen-bond donors (Lipinski definition) is 1. The molecule has 1 N–H and O–H groups in total. The summed E-state index contributed by atoms with van der Waals surface area (Å²) in [5.74, 6) is 0.815. The Morgan fingerprint density at radius 1 is 0.955 bits per heavy atom. The van der Waals surface area contributed by atoms with Gasteiger partial charge in [0.2, 0.25) is 5.90 Å². The summed E-state index contributed by atoms with van der Waals surface area (Å²) in [6.07, 6.45) is 1.71. The SMILES string of the molecule is [N-]=[N+]=NCc1ccccc1C[C@@]1(C(=O)N2CCCC2)N=C(c2ccc(OCCCO)cc2)O[C@@H]1c1ccccc1CN=[N+]=[N-]. The monoisotopic (exact) mass is 594 g/mol. The largest absolute Gasteiger partial charge is 0.494 e. The van der Waals surface area contributed by atoms with Crippen molar-refractivity contribution < 1.29 is 19.4 Å². The van der Waals surface area contributed by atoms with Crippen LogP contribution in [-0.2, 0) is 29.0 Å². The lowest BCUT2D eigenvalue weighted by molar-refractivity contribution is -0.138. The molecule has 3 aromatic carbocycles. The first-order chi connectivity index (χ1) is 21.6. The zero-order chi connectivity index (χ0) is 30.8. The summed E-state index contributed by atoms with van der Waals surface area (Å²) < 4.78 is 12.4. The average Bonchev–Trinajstić information content (AvgIpc) is 3.73. The smallest absolute Gasteiger partial charge is 0.255 e. The van der Waals surface area contributed by atoms with Crippen molar-refractivity contribution in [3.63, 3.8) is 0 Å². The van der Waals surface area contributed by atoms with Crippen molar-refractivity contribution in [1.82, 2.24) is 4.90 Å². The number of amides is 1. The van der Waals surface area contributed by atoms with E-state index in [2.05, 4.69) is 20.1 Å². The maximum Gasteiger partial charge on any atom is 0.255 e. The Labute approximate surface area is 255 Å². The second-order valence-electron chi connectivity index (χ2n) is 10.7. The van der Waals surface area contributed by atoms with Crippen molar-refractivity contribution in [2.45, 2.75) is 50.4 Å². The van der Waals surface area contributed by atoms with Crippen LogP contribution in [0, 0.1) is 0 Å². The molecule has 12 nitrogen and oxygen atoms in total. The van der Waals surface area contributed by atoms with Crippen molar-refractivity contribution in [2.24, 2.45) is 15.2 Å². The van der Waals surface area contributed by atoms with Gasteiger partial charge >= 0.3 is 0 Å². The molecular weight excluding hydrogens is 560 g/mol. The first-order valence-corrected chi connectivity index (χ1v) is 14.7. The first kappa shape index (κ1) is 30.4. The molecule has 44 heavy (non-hydrogen) atoms. The van der Waals surface area contributed by atoms with E-state index in [-0.39, 0.29) is 32.0 Å². The van der Waals surface area contributed by atoms with E-state index < -0.39 is 11.6 Å².